The van der Waals surface area contributed by atoms with E-state index in [1.54, 1.807) is 7.11 Å². The van der Waals surface area contributed by atoms with Crippen molar-refractivity contribution in [3.05, 3.63) is 54.1 Å². The molecule has 0 bridgehead atoms. The maximum Gasteiger partial charge on any atom is 0.361 e. The zero-order chi connectivity index (χ0) is 22.0. The van der Waals surface area contributed by atoms with E-state index in [4.69, 9.17) is 18.9 Å². The molecule has 1 aliphatic carbocycles. The molecule has 2 aromatic carbocycles. The molecule has 0 aromatic heterocycles. The topological polar surface area (TPSA) is 57.2 Å². The van der Waals surface area contributed by atoms with Crippen LogP contribution in [-0.4, -0.2) is 50.5 Å². The molecule has 6 nitrogen and oxygen atoms in total. The highest BCUT2D eigenvalue weighted by atomic mass is 16.9. The van der Waals surface area contributed by atoms with Crippen LogP contribution >= 0.6 is 0 Å². The van der Waals surface area contributed by atoms with Crippen LogP contribution in [0.2, 0.25) is 0 Å². The van der Waals surface area contributed by atoms with Crippen LogP contribution in [0.15, 0.2) is 48.5 Å². The van der Waals surface area contributed by atoms with Crippen LogP contribution in [0.5, 0.6) is 17.2 Å². The molecule has 32 heavy (non-hydrogen) atoms. The first-order valence-corrected chi connectivity index (χ1v) is 11.6. The molecule has 1 saturated carbocycles. The van der Waals surface area contributed by atoms with Gasteiger partial charge in [0.05, 0.1) is 25.7 Å². The van der Waals surface area contributed by atoms with Crippen LogP contribution in [0.1, 0.15) is 37.7 Å². The Morgan fingerprint density at radius 2 is 1.78 bits per heavy atom. The van der Waals surface area contributed by atoms with Crippen LogP contribution in [0, 0.1) is 5.92 Å². The predicted octanol–water partition coefficient (Wildman–Crippen LogP) is 4.17. The number of hydrogen-bond donors (Lipinski definition) is 0. The number of benzene rings is 2. The van der Waals surface area contributed by atoms with Crippen molar-refractivity contribution in [3.8, 4) is 17.2 Å². The van der Waals surface area contributed by atoms with E-state index in [1.165, 1.54) is 0 Å². The molecule has 0 radical (unpaired) electrons. The van der Waals surface area contributed by atoms with Gasteiger partial charge in [-0.15, -0.1) is 0 Å². The van der Waals surface area contributed by atoms with Gasteiger partial charge in [-0.1, -0.05) is 36.8 Å². The fourth-order valence-electron chi connectivity index (χ4n) is 5.21. The minimum atomic E-state index is -0.687. The first-order chi connectivity index (χ1) is 15.7. The molecule has 1 atom stereocenters. The molecule has 0 N–H and O–H groups in total. The van der Waals surface area contributed by atoms with Gasteiger partial charge in [-0.2, -0.15) is 0 Å². The number of para-hydroxylation sites is 3. The predicted molar refractivity (Wildman–Crippen MR) is 120 cm³/mol. The van der Waals surface area contributed by atoms with Gasteiger partial charge in [0, 0.05) is 12.1 Å². The number of likely N-dealkylation sites (tertiary alicyclic amines) is 1. The molecule has 1 saturated heterocycles. The third kappa shape index (κ3) is 4.09. The Morgan fingerprint density at radius 3 is 2.47 bits per heavy atom. The molecule has 2 aliphatic heterocycles. The molecule has 2 aromatic rings. The zero-order valence-electron chi connectivity index (χ0n) is 18.6. The third-order valence-electron chi connectivity index (χ3n) is 7.10. The van der Waals surface area contributed by atoms with E-state index in [1.807, 2.05) is 42.5 Å². The summed E-state index contributed by atoms with van der Waals surface area (Å²) in [6.07, 6.45) is 5.05. The smallest absolute Gasteiger partial charge is 0.361 e. The average Bonchev–Trinajstić information content (AvgIpc) is 3.21. The van der Waals surface area contributed by atoms with E-state index in [2.05, 4.69) is 11.0 Å². The number of nitrogens with zero attached hydrogens (tertiary/aromatic N) is 1. The van der Waals surface area contributed by atoms with Crippen molar-refractivity contribution in [1.82, 2.24) is 4.90 Å². The first kappa shape index (κ1) is 21.3. The van der Waals surface area contributed by atoms with Crippen LogP contribution in [0.25, 0.3) is 0 Å². The van der Waals surface area contributed by atoms with Crippen molar-refractivity contribution in [1.29, 1.82) is 0 Å². The third-order valence-corrected chi connectivity index (χ3v) is 7.10. The lowest BCUT2D eigenvalue weighted by molar-refractivity contribution is -0.186. The highest BCUT2D eigenvalue weighted by Crippen LogP contribution is 2.48. The van der Waals surface area contributed by atoms with Gasteiger partial charge in [0.1, 0.15) is 5.75 Å². The summed E-state index contributed by atoms with van der Waals surface area (Å²) in [6.45, 7) is 2.16. The molecule has 5 rings (SSSR count). The Kier molecular flexibility index (Phi) is 6.07. The van der Waals surface area contributed by atoms with E-state index in [9.17, 15) is 4.79 Å². The second kappa shape index (κ2) is 9.12. The largest absolute Gasteiger partial charge is 0.496 e. The molecule has 1 unspecified atom stereocenters. The summed E-state index contributed by atoms with van der Waals surface area (Å²) in [7, 11) is 1.68. The van der Waals surface area contributed by atoms with Crippen molar-refractivity contribution in [2.24, 2.45) is 5.92 Å². The second-order valence-electron chi connectivity index (χ2n) is 9.11. The minimum Gasteiger partial charge on any atom is -0.496 e. The van der Waals surface area contributed by atoms with Gasteiger partial charge in [0.25, 0.3) is 0 Å². The molecule has 3 aliphatic rings. The number of carbonyl (C=O) groups excluding carboxylic acids is 1. The quantitative estimate of drug-likeness (QED) is 0.618. The van der Waals surface area contributed by atoms with Gasteiger partial charge >= 0.3 is 6.48 Å². The fraction of sp³-hybridized carbons (Fsp3) is 0.500. The SMILES string of the molecule is COc1ccccc1C1(C(=O)CN2CCCC(COC3Oc4ccccc4O3)C2)CCC1. The van der Waals surface area contributed by atoms with Crippen LogP contribution in [0.4, 0.5) is 0 Å². The number of rotatable bonds is 8. The van der Waals surface area contributed by atoms with Crippen molar-refractivity contribution in [2.45, 2.75) is 44.0 Å². The highest BCUT2D eigenvalue weighted by molar-refractivity contribution is 5.93. The molecular weight excluding hydrogens is 406 g/mol. The van der Waals surface area contributed by atoms with Gasteiger partial charge in [-0.3, -0.25) is 9.69 Å². The monoisotopic (exact) mass is 437 g/mol. The Balaban J connectivity index is 1.17. The molecule has 2 fully saturated rings. The normalized spacial score (nSPS) is 22.3. The Morgan fingerprint density at radius 1 is 1.06 bits per heavy atom. The fourth-order valence-corrected chi connectivity index (χ4v) is 5.21. The Bertz CT molecular complexity index is 932. The number of fused-ring (bicyclic) bond motifs is 1. The van der Waals surface area contributed by atoms with Crippen molar-refractivity contribution >= 4 is 5.78 Å². The summed E-state index contributed by atoms with van der Waals surface area (Å²) in [5.41, 5.74) is 0.651. The van der Waals surface area contributed by atoms with Gasteiger partial charge in [-0.05, 0) is 56.3 Å². The van der Waals surface area contributed by atoms with Gasteiger partial charge in [0.2, 0.25) is 0 Å². The van der Waals surface area contributed by atoms with Crippen LogP contribution in [-0.2, 0) is 14.9 Å². The number of methoxy groups -OCH3 is 1. The summed E-state index contributed by atoms with van der Waals surface area (Å²) in [4.78, 5) is 15.8. The Labute approximate surface area is 189 Å². The summed E-state index contributed by atoms with van der Waals surface area (Å²) in [5.74, 6) is 2.93. The Hall–Kier alpha value is -2.57. The van der Waals surface area contributed by atoms with E-state index < -0.39 is 11.9 Å². The number of piperidine rings is 1. The lowest BCUT2D eigenvalue weighted by atomic mass is 9.61. The molecule has 0 spiro atoms. The molecule has 0 amide bonds. The van der Waals surface area contributed by atoms with Crippen molar-refractivity contribution < 1.29 is 23.7 Å². The van der Waals surface area contributed by atoms with Gasteiger partial charge in [-0.25, -0.2) is 0 Å². The molecule has 6 heteroatoms. The highest BCUT2D eigenvalue weighted by Gasteiger charge is 2.47. The number of Topliss-reactive ketones (excluding diaryl/α,β-unsaturated/α-hetero) is 1. The van der Waals surface area contributed by atoms with E-state index in [0.717, 1.165) is 68.0 Å². The minimum absolute atomic E-state index is 0.313. The van der Waals surface area contributed by atoms with Crippen LogP contribution in [0.3, 0.4) is 0 Å². The van der Waals surface area contributed by atoms with E-state index >= 15 is 0 Å². The summed E-state index contributed by atoms with van der Waals surface area (Å²) < 4.78 is 22.9. The summed E-state index contributed by atoms with van der Waals surface area (Å²) >= 11 is 0. The van der Waals surface area contributed by atoms with Crippen molar-refractivity contribution in [3.63, 3.8) is 0 Å². The maximum absolute atomic E-state index is 13.5. The number of hydrogen-bond acceptors (Lipinski definition) is 6. The summed E-state index contributed by atoms with van der Waals surface area (Å²) in [6, 6.07) is 15.6. The van der Waals surface area contributed by atoms with E-state index in [0.29, 0.717) is 24.9 Å². The lowest BCUT2D eigenvalue weighted by Gasteiger charge is -2.43. The average molecular weight is 438 g/mol. The van der Waals surface area contributed by atoms with Crippen LogP contribution < -0.4 is 14.2 Å². The maximum atomic E-state index is 13.5. The number of ether oxygens (including phenoxy) is 4. The van der Waals surface area contributed by atoms with Crippen molar-refractivity contribution in [2.75, 3.05) is 33.4 Å². The molecule has 170 valence electrons. The first-order valence-electron chi connectivity index (χ1n) is 11.6. The number of carbonyl (C=O) groups is 1. The summed E-state index contributed by atoms with van der Waals surface area (Å²) in [5, 5.41) is 0. The number of ketones is 1. The zero-order valence-corrected chi connectivity index (χ0v) is 18.6. The second-order valence-corrected chi connectivity index (χ2v) is 9.11. The van der Waals surface area contributed by atoms with Gasteiger partial charge in [0.15, 0.2) is 17.3 Å². The van der Waals surface area contributed by atoms with E-state index in [-0.39, 0.29) is 0 Å². The standard InChI is InChI=1S/C26H31NO5/c1-29-21-10-3-2-9-20(21)26(13-7-14-26)24(28)17-27-15-6-8-19(16-27)18-30-25-31-22-11-4-5-12-23(22)32-25/h2-5,9-12,19,25H,6-8,13-18H2,1H3. The molecule has 2 heterocycles. The molecular formula is C26H31NO5. The lowest BCUT2D eigenvalue weighted by Crippen LogP contribution is -2.50. The van der Waals surface area contributed by atoms with Gasteiger partial charge < -0.3 is 18.9 Å².